The van der Waals surface area contributed by atoms with E-state index in [4.69, 9.17) is 0 Å². The molecule has 66 valence electrons. The minimum Gasteiger partial charge on any atom is -0.468 e. The molecule has 0 aliphatic heterocycles. The molecule has 0 aromatic carbocycles. The highest BCUT2D eigenvalue weighted by Gasteiger charge is 2.03. The normalized spacial score (nSPS) is 12.6. The zero-order chi connectivity index (χ0) is 8.69. The first-order valence-corrected chi connectivity index (χ1v) is 4.89. The zero-order valence-corrected chi connectivity index (χ0v) is 8.03. The largest absolute Gasteiger partial charge is 0.468 e. The van der Waals surface area contributed by atoms with Gasteiger partial charge in [-0.2, -0.15) is 11.8 Å². The maximum absolute atomic E-state index is 10.6. The molecule has 11 heavy (non-hydrogen) atoms. The summed E-state index contributed by atoms with van der Waals surface area (Å²) >= 11 is 1.75. The van der Waals surface area contributed by atoms with Crippen molar-refractivity contribution in [3.8, 4) is 0 Å². The van der Waals surface area contributed by atoms with Gasteiger partial charge in [-0.05, 0) is 13.2 Å². The van der Waals surface area contributed by atoms with Crippen LogP contribution in [0.3, 0.4) is 0 Å². The van der Waals surface area contributed by atoms with E-state index >= 15 is 0 Å². The van der Waals surface area contributed by atoms with Crippen molar-refractivity contribution >= 4 is 17.7 Å². The van der Waals surface area contributed by atoms with E-state index in [1.165, 1.54) is 7.11 Å². The molecule has 0 aliphatic carbocycles. The highest BCUT2D eigenvalue weighted by atomic mass is 32.2. The number of hydrogen-bond donors (Lipinski definition) is 1. The summed E-state index contributed by atoms with van der Waals surface area (Å²) in [6.45, 7) is 2.34. The average Bonchev–Trinajstić information content (AvgIpc) is 2.01. The Morgan fingerprint density at radius 2 is 2.36 bits per heavy atom. The van der Waals surface area contributed by atoms with Gasteiger partial charge in [0.15, 0.2) is 0 Å². The molecule has 0 heterocycles. The van der Waals surface area contributed by atoms with Crippen LogP contribution in [0, 0.1) is 0 Å². The van der Waals surface area contributed by atoms with Gasteiger partial charge in [0.1, 0.15) is 0 Å². The molecule has 0 saturated heterocycles. The molecule has 0 rings (SSSR count). The van der Waals surface area contributed by atoms with Crippen molar-refractivity contribution in [2.24, 2.45) is 0 Å². The lowest BCUT2D eigenvalue weighted by atomic mass is 10.4. The van der Waals surface area contributed by atoms with Crippen molar-refractivity contribution in [2.75, 3.05) is 25.7 Å². The summed E-state index contributed by atoms with van der Waals surface area (Å²) in [5, 5.41) is 3.04. The Kier molecular flexibility index (Phi) is 6.36. The molecular weight excluding hydrogens is 162 g/mol. The topological polar surface area (TPSA) is 38.3 Å². The number of ether oxygens (including phenoxy) is 1. The van der Waals surface area contributed by atoms with Gasteiger partial charge in [0.25, 0.3) is 0 Å². The first kappa shape index (κ1) is 10.8. The van der Waals surface area contributed by atoms with Gasteiger partial charge in [0, 0.05) is 11.8 Å². The van der Waals surface area contributed by atoms with Crippen molar-refractivity contribution < 1.29 is 9.53 Å². The predicted molar refractivity (Wildman–Crippen MR) is 47.9 cm³/mol. The molecular formula is C7H15NO2S. The third kappa shape index (κ3) is 6.19. The second-order valence-electron chi connectivity index (χ2n) is 2.31. The number of methoxy groups -OCH3 is 1. The molecule has 0 saturated carbocycles. The highest BCUT2D eigenvalue weighted by molar-refractivity contribution is 7.98. The van der Waals surface area contributed by atoms with Crippen molar-refractivity contribution in [2.45, 2.75) is 13.0 Å². The molecule has 0 aromatic rings. The lowest BCUT2D eigenvalue weighted by Crippen LogP contribution is -2.33. The van der Waals surface area contributed by atoms with Crippen LogP contribution in [0.1, 0.15) is 6.92 Å². The lowest BCUT2D eigenvalue weighted by molar-refractivity contribution is -0.139. The fourth-order valence-electron chi connectivity index (χ4n) is 0.639. The van der Waals surface area contributed by atoms with E-state index in [9.17, 15) is 4.79 Å². The van der Waals surface area contributed by atoms with Gasteiger partial charge >= 0.3 is 5.97 Å². The number of hydrogen-bond acceptors (Lipinski definition) is 4. The molecule has 0 aliphatic rings. The molecule has 1 atom stereocenters. The summed E-state index contributed by atoms with van der Waals surface area (Å²) in [5.41, 5.74) is 0. The van der Waals surface area contributed by atoms with E-state index < -0.39 is 0 Å². The van der Waals surface area contributed by atoms with E-state index in [1.54, 1.807) is 11.8 Å². The fraction of sp³-hybridized carbons (Fsp3) is 0.857. The third-order valence-electron chi connectivity index (χ3n) is 1.24. The standard InChI is InChI=1S/C7H15NO2S/c1-6(5-11-3)8-4-7(9)10-2/h6,8H,4-5H2,1-3H3. The van der Waals surface area contributed by atoms with E-state index in [0.29, 0.717) is 12.6 Å². The molecule has 0 spiro atoms. The van der Waals surface area contributed by atoms with Gasteiger partial charge in [0.05, 0.1) is 13.7 Å². The molecule has 1 unspecified atom stereocenters. The fourth-order valence-corrected chi connectivity index (χ4v) is 1.26. The summed E-state index contributed by atoms with van der Waals surface area (Å²) in [6, 6.07) is 0.365. The molecule has 1 N–H and O–H groups in total. The monoisotopic (exact) mass is 177 g/mol. The average molecular weight is 177 g/mol. The Morgan fingerprint density at radius 1 is 1.73 bits per heavy atom. The van der Waals surface area contributed by atoms with Gasteiger partial charge in [0.2, 0.25) is 0 Å². The Labute approximate surface area is 71.9 Å². The molecule has 0 amide bonds. The summed E-state index contributed by atoms with van der Waals surface area (Å²) in [6.07, 6.45) is 2.04. The quantitative estimate of drug-likeness (QED) is 0.621. The molecule has 4 heteroatoms. The van der Waals surface area contributed by atoms with Crippen LogP contribution in [-0.2, 0) is 9.53 Å². The third-order valence-corrected chi connectivity index (χ3v) is 2.07. The summed E-state index contributed by atoms with van der Waals surface area (Å²) in [7, 11) is 1.39. The predicted octanol–water partition coefficient (Wildman–Crippen LogP) is 0.500. The lowest BCUT2D eigenvalue weighted by Gasteiger charge is -2.10. The smallest absolute Gasteiger partial charge is 0.319 e. The van der Waals surface area contributed by atoms with E-state index in [0.717, 1.165) is 5.75 Å². The van der Waals surface area contributed by atoms with E-state index in [2.05, 4.69) is 10.1 Å². The second kappa shape index (κ2) is 6.49. The molecule has 0 fully saturated rings. The van der Waals surface area contributed by atoms with Crippen molar-refractivity contribution in [1.82, 2.24) is 5.32 Å². The van der Waals surface area contributed by atoms with Crippen LogP contribution in [0.4, 0.5) is 0 Å². The van der Waals surface area contributed by atoms with Crippen molar-refractivity contribution in [3.63, 3.8) is 0 Å². The van der Waals surface area contributed by atoms with Gasteiger partial charge in [-0.3, -0.25) is 4.79 Å². The Hall–Kier alpha value is -0.220. The van der Waals surface area contributed by atoms with Crippen LogP contribution in [0.5, 0.6) is 0 Å². The Bertz CT molecular complexity index is 119. The maximum Gasteiger partial charge on any atom is 0.319 e. The maximum atomic E-state index is 10.6. The van der Waals surface area contributed by atoms with E-state index in [-0.39, 0.29) is 5.97 Å². The number of thioether (sulfide) groups is 1. The second-order valence-corrected chi connectivity index (χ2v) is 3.22. The summed E-state index contributed by atoms with van der Waals surface area (Å²) in [4.78, 5) is 10.6. The number of nitrogens with one attached hydrogen (secondary N) is 1. The minimum absolute atomic E-state index is 0.210. The van der Waals surface area contributed by atoms with Gasteiger partial charge < -0.3 is 10.1 Å². The molecule has 3 nitrogen and oxygen atoms in total. The van der Waals surface area contributed by atoms with Crippen LogP contribution < -0.4 is 5.32 Å². The number of carbonyl (C=O) groups is 1. The van der Waals surface area contributed by atoms with E-state index in [1.807, 2.05) is 13.2 Å². The molecule has 0 aromatic heterocycles. The van der Waals surface area contributed by atoms with Gasteiger partial charge in [-0.15, -0.1) is 0 Å². The summed E-state index contributed by atoms with van der Waals surface area (Å²) < 4.78 is 4.47. The SMILES string of the molecule is COC(=O)CNC(C)CSC. The molecule has 0 bridgehead atoms. The summed E-state index contributed by atoms with van der Waals surface area (Å²) in [5.74, 6) is 0.801. The van der Waals surface area contributed by atoms with Crippen molar-refractivity contribution in [1.29, 1.82) is 0 Å². The number of esters is 1. The molecule has 0 radical (unpaired) electrons. The number of rotatable bonds is 5. The minimum atomic E-state index is -0.210. The first-order chi connectivity index (χ1) is 5.20. The Morgan fingerprint density at radius 3 is 2.82 bits per heavy atom. The van der Waals surface area contributed by atoms with Gasteiger partial charge in [-0.1, -0.05) is 0 Å². The number of carbonyl (C=O) groups excluding carboxylic acids is 1. The Balaban J connectivity index is 3.29. The van der Waals surface area contributed by atoms with Crippen LogP contribution >= 0.6 is 11.8 Å². The van der Waals surface area contributed by atoms with Crippen molar-refractivity contribution in [3.05, 3.63) is 0 Å². The van der Waals surface area contributed by atoms with Crippen LogP contribution in [0.15, 0.2) is 0 Å². The zero-order valence-electron chi connectivity index (χ0n) is 7.22. The van der Waals surface area contributed by atoms with Crippen LogP contribution in [-0.4, -0.2) is 37.7 Å². The first-order valence-electron chi connectivity index (χ1n) is 3.49. The highest BCUT2D eigenvalue weighted by Crippen LogP contribution is 1.95. The van der Waals surface area contributed by atoms with Crippen LogP contribution in [0.2, 0.25) is 0 Å². The van der Waals surface area contributed by atoms with Gasteiger partial charge in [-0.25, -0.2) is 0 Å². The van der Waals surface area contributed by atoms with Crippen LogP contribution in [0.25, 0.3) is 0 Å².